The van der Waals surface area contributed by atoms with Gasteiger partial charge in [0, 0.05) is 31.6 Å². The van der Waals surface area contributed by atoms with Gasteiger partial charge in [0.1, 0.15) is 0 Å². The van der Waals surface area contributed by atoms with Gasteiger partial charge in [0.25, 0.3) is 0 Å². The number of rotatable bonds is 2. The predicted octanol–water partition coefficient (Wildman–Crippen LogP) is 11.0. The van der Waals surface area contributed by atoms with Crippen molar-refractivity contribution < 1.29 is 0 Å². The Bertz CT molecular complexity index is 2690. The molecule has 3 heterocycles. The van der Waals surface area contributed by atoms with Crippen molar-refractivity contribution in [2.75, 3.05) is 0 Å². The summed E-state index contributed by atoms with van der Waals surface area (Å²) in [5.41, 5.74) is 9.14. The summed E-state index contributed by atoms with van der Waals surface area (Å²) in [7, 11) is 0. The van der Waals surface area contributed by atoms with Crippen molar-refractivity contribution in [3.05, 3.63) is 138 Å². The zero-order chi connectivity index (χ0) is 29.5. The smallest absolute Gasteiger partial charge is 0.188 e. The van der Waals surface area contributed by atoms with Gasteiger partial charge in [0.2, 0.25) is 0 Å². The third-order valence-electron chi connectivity index (χ3n) is 8.80. The molecule has 0 radical (unpaired) electrons. The van der Waals surface area contributed by atoms with Gasteiger partial charge in [-0.1, -0.05) is 54.1 Å². The van der Waals surface area contributed by atoms with Crippen LogP contribution in [-0.4, -0.2) is 9.13 Å². The van der Waals surface area contributed by atoms with Crippen LogP contribution in [0.25, 0.3) is 80.0 Å². The van der Waals surface area contributed by atoms with Crippen molar-refractivity contribution >= 4 is 80.8 Å². The van der Waals surface area contributed by atoms with E-state index in [0.29, 0.717) is 11.3 Å². The van der Waals surface area contributed by atoms with Crippen molar-refractivity contribution in [1.82, 2.24) is 9.13 Å². The predicted molar refractivity (Wildman–Crippen MR) is 184 cm³/mol. The second-order valence-electron chi connectivity index (χ2n) is 11.3. The standard InChI is InChI=1S/C39H22N4S/c1-23-13-16-32-28(19-23)26-7-3-4-9-31(26)43(32)36-11-5-8-27-38-35(10-6-12-37(38)44-39(27)36)42-33-17-14-24(22-40)20-29(33)30-21-25(41-2)15-18-34(30)42/h3-21H,1H3. The second-order valence-corrected chi connectivity index (χ2v) is 12.3. The molecule has 0 N–H and O–H groups in total. The number of hydrogen-bond acceptors (Lipinski definition) is 2. The van der Waals surface area contributed by atoms with Crippen LogP contribution in [0.5, 0.6) is 0 Å². The minimum absolute atomic E-state index is 0.587. The van der Waals surface area contributed by atoms with E-state index in [0.717, 1.165) is 27.5 Å². The van der Waals surface area contributed by atoms with Crippen molar-refractivity contribution in [3.63, 3.8) is 0 Å². The topological polar surface area (TPSA) is 38.0 Å². The largest absolute Gasteiger partial charge is 0.309 e. The molecule has 44 heavy (non-hydrogen) atoms. The number of nitrogens with zero attached hydrogens (tertiary/aromatic N) is 4. The summed E-state index contributed by atoms with van der Waals surface area (Å²) in [6.45, 7) is 9.76. The molecule has 6 aromatic carbocycles. The third-order valence-corrected chi connectivity index (χ3v) is 9.99. The number of aryl methyl sites for hydroxylation is 1. The first kappa shape index (κ1) is 24.7. The summed E-state index contributed by atoms with van der Waals surface area (Å²) in [5, 5.41) is 16.5. The number of hydrogen-bond donors (Lipinski definition) is 0. The Morgan fingerprint density at radius 2 is 1.30 bits per heavy atom. The maximum absolute atomic E-state index is 9.67. The van der Waals surface area contributed by atoms with Gasteiger partial charge in [-0.2, -0.15) is 5.26 Å². The minimum Gasteiger partial charge on any atom is -0.309 e. The Labute approximate surface area is 256 Å². The quantitative estimate of drug-likeness (QED) is 0.188. The number of aromatic nitrogens is 2. The van der Waals surface area contributed by atoms with Crippen LogP contribution in [0.2, 0.25) is 0 Å². The van der Waals surface area contributed by atoms with Crippen molar-refractivity contribution in [2.45, 2.75) is 6.92 Å². The Kier molecular flexibility index (Phi) is 5.08. The molecular formula is C39H22N4S. The fraction of sp³-hybridized carbons (Fsp3) is 0.0256. The summed E-state index contributed by atoms with van der Waals surface area (Å²) in [6, 6.07) is 42.6. The lowest BCUT2D eigenvalue weighted by Gasteiger charge is -2.11. The van der Waals surface area contributed by atoms with Gasteiger partial charge < -0.3 is 9.13 Å². The lowest BCUT2D eigenvalue weighted by atomic mass is 10.1. The van der Waals surface area contributed by atoms with E-state index in [-0.39, 0.29) is 0 Å². The highest BCUT2D eigenvalue weighted by Crippen LogP contribution is 2.44. The lowest BCUT2D eigenvalue weighted by Crippen LogP contribution is -1.95. The highest BCUT2D eigenvalue weighted by molar-refractivity contribution is 7.26. The van der Waals surface area contributed by atoms with Gasteiger partial charge in [-0.3, -0.25) is 0 Å². The highest BCUT2D eigenvalue weighted by Gasteiger charge is 2.20. The van der Waals surface area contributed by atoms with Crippen LogP contribution in [-0.2, 0) is 0 Å². The SMILES string of the molecule is [C-]#[N+]c1ccc2c(c1)c1cc(C#N)ccc1n2-c1cccc2sc3c(-n4c5ccccc5c5cc(C)ccc54)cccc3c12. The summed E-state index contributed by atoms with van der Waals surface area (Å²) < 4.78 is 7.16. The summed E-state index contributed by atoms with van der Waals surface area (Å²) in [4.78, 5) is 3.69. The molecule has 0 spiro atoms. The van der Waals surface area contributed by atoms with E-state index in [1.54, 1.807) is 0 Å². The van der Waals surface area contributed by atoms with Crippen LogP contribution in [0.15, 0.2) is 115 Å². The normalized spacial score (nSPS) is 11.7. The molecule has 0 aliphatic rings. The Morgan fingerprint density at radius 1 is 0.636 bits per heavy atom. The monoisotopic (exact) mass is 578 g/mol. The van der Waals surface area contributed by atoms with Crippen LogP contribution < -0.4 is 0 Å². The van der Waals surface area contributed by atoms with Crippen molar-refractivity contribution in [2.24, 2.45) is 0 Å². The zero-order valence-electron chi connectivity index (χ0n) is 23.7. The highest BCUT2D eigenvalue weighted by atomic mass is 32.1. The van der Waals surface area contributed by atoms with E-state index in [9.17, 15) is 5.26 Å². The van der Waals surface area contributed by atoms with Gasteiger partial charge in [-0.25, -0.2) is 4.85 Å². The maximum Gasteiger partial charge on any atom is 0.188 e. The first-order chi connectivity index (χ1) is 21.6. The molecule has 0 unspecified atom stereocenters. The van der Waals surface area contributed by atoms with Crippen LogP contribution in [0, 0.1) is 24.8 Å². The molecule has 0 amide bonds. The molecule has 0 aliphatic carbocycles. The molecule has 204 valence electrons. The molecule has 3 aromatic heterocycles. The van der Waals surface area contributed by atoms with Crippen LogP contribution >= 0.6 is 11.3 Å². The maximum atomic E-state index is 9.67. The molecule has 0 aliphatic heterocycles. The Morgan fingerprint density at radius 3 is 2.14 bits per heavy atom. The average Bonchev–Trinajstić information content (AvgIpc) is 3.71. The molecule has 0 fully saturated rings. The van der Waals surface area contributed by atoms with E-state index in [2.05, 4.69) is 106 Å². The van der Waals surface area contributed by atoms with E-state index in [1.807, 2.05) is 47.7 Å². The second kappa shape index (κ2) is 9.06. The first-order valence-electron chi connectivity index (χ1n) is 14.5. The lowest BCUT2D eigenvalue weighted by molar-refractivity contribution is 1.20. The molecule has 0 saturated heterocycles. The number of thiophene rings is 1. The van der Waals surface area contributed by atoms with Crippen molar-refractivity contribution in [1.29, 1.82) is 5.26 Å². The van der Waals surface area contributed by atoms with Crippen molar-refractivity contribution in [3.8, 4) is 17.4 Å². The van der Waals surface area contributed by atoms with Gasteiger partial charge in [0.05, 0.1) is 56.3 Å². The Balaban J connectivity index is 1.40. The molecule has 9 aromatic rings. The number of nitriles is 1. The molecule has 9 rings (SSSR count). The van der Waals surface area contributed by atoms with Crippen LogP contribution in [0.1, 0.15) is 11.1 Å². The van der Waals surface area contributed by atoms with Gasteiger partial charge >= 0.3 is 0 Å². The molecule has 0 atom stereocenters. The molecule has 0 bridgehead atoms. The first-order valence-corrected chi connectivity index (χ1v) is 15.3. The summed E-state index contributed by atoms with van der Waals surface area (Å²) in [6.07, 6.45) is 0. The van der Waals surface area contributed by atoms with Crippen LogP contribution in [0.4, 0.5) is 5.69 Å². The fourth-order valence-electron chi connectivity index (χ4n) is 6.93. The molecular weight excluding hydrogens is 557 g/mol. The summed E-state index contributed by atoms with van der Waals surface area (Å²) >= 11 is 1.82. The van der Waals surface area contributed by atoms with E-state index >= 15 is 0 Å². The van der Waals surface area contributed by atoms with E-state index < -0.39 is 0 Å². The third kappa shape index (κ3) is 3.30. The summed E-state index contributed by atoms with van der Waals surface area (Å²) in [5.74, 6) is 0. The van der Waals surface area contributed by atoms with E-state index in [1.165, 1.54) is 53.2 Å². The molecule has 5 heteroatoms. The number of para-hydroxylation sites is 1. The molecule has 0 saturated carbocycles. The fourth-order valence-corrected chi connectivity index (χ4v) is 8.16. The van der Waals surface area contributed by atoms with Gasteiger partial charge in [-0.15, -0.1) is 11.3 Å². The number of benzene rings is 6. The van der Waals surface area contributed by atoms with E-state index in [4.69, 9.17) is 6.57 Å². The van der Waals surface area contributed by atoms with Gasteiger partial charge in [-0.05, 0) is 79.0 Å². The minimum atomic E-state index is 0.587. The average molecular weight is 579 g/mol. The zero-order valence-corrected chi connectivity index (χ0v) is 24.5. The molecule has 4 nitrogen and oxygen atoms in total. The Hall–Kier alpha value is -5.88. The van der Waals surface area contributed by atoms with Gasteiger partial charge in [0.15, 0.2) is 5.69 Å². The number of fused-ring (bicyclic) bond motifs is 9. The van der Waals surface area contributed by atoms with Crippen LogP contribution in [0.3, 0.4) is 0 Å².